The van der Waals surface area contributed by atoms with Crippen LogP contribution < -0.4 is 5.73 Å². The van der Waals surface area contributed by atoms with Gasteiger partial charge in [-0.1, -0.05) is 11.6 Å². The summed E-state index contributed by atoms with van der Waals surface area (Å²) in [5.74, 6) is -0.00490. The van der Waals surface area contributed by atoms with Crippen LogP contribution in [-0.4, -0.2) is 52.5 Å². The minimum absolute atomic E-state index is 0.0885. The van der Waals surface area contributed by atoms with Gasteiger partial charge < -0.3 is 10.1 Å². The van der Waals surface area contributed by atoms with E-state index in [1.54, 1.807) is 51.8 Å². The fourth-order valence-corrected chi connectivity index (χ4v) is 4.81. The van der Waals surface area contributed by atoms with E-state index in [4.69, 9.17) is 17.3 Å². The Morgan fingerprint density at radius 1 is 1.17 bits per heavy atom. The van der Waals surface area contributed by atoms with Crippen molar-refractivity contribution < 1.29 is 9.59 Å². The fraction of sp³-hybridized carbons (Fsp3) is 0.208. The highest BCUT2D eigenvalue weighted by atomic mass is 35.5. The van der Waals surface area contributed by atoms with Crippen LogP contribution >= 0.6 is 11.6 Å². The first kappa shape index (κ1) is 21.4. The van der Waals surface area contributed by atoms with Gasteiger partial charge >= 0.3 is 0 Å². The summed E-state index contributed by atoms with van der Waals surface area (Å²) in [6.07, 6.45) is 6.33. The third kappa shape index (κ3) is 3.53. The molecule has 1 saturated heterocycles. The zero-order chi connectivity index (χ0) is 24.3. The molecule has 176 valence electrons. The molecule has 2 N–H and O–H groups in total. The van der Waals surface area contributed by atoms with E-state index in [9.17, 15) is 9.59 Å². The zero-order valence-corrected chi connectivity index (χ0v) is 19.6. The van der Waals surface area contributed by atoms with Crippen molar-refractivity contribution >= 4 is 56.7 Å². The van der Waals surface area contributed by atoms with E-state index in [1.165, 1.54) is 10.0 Å². The Morgan fingerprint density at radius 2 is 2.03 bits per heavy atom. The van der Waals surface area contributed by atoms with Crippen LogP contribution in [-0.2, 0) is 18.4 Å². The Kier molecular flexibility index (Phi) is 4.85. The van der Waals surface area contributed by atoms with E-state index in [-0.39, 0.29) is 18.4 Å². The number of imidazole rings is 1. The molecule has 5 heterocycles. The number of nitrogens with zero attached hydrogens (tertiary/aromatic N) is 7. The summed E-state index contributed by atoms with van der Waals surface area (Å²) in [7, 11) is 1.82. The van der Waals surface area contributed by atoms with E-state index in [0.717, 1.165) is 16.3 Å². The molecule has 11 heteroatoms. The molecule has 2 amide bonds. The van der Waals surface area contributed by atoms with Crippen molar-refractivity contribution in [1.82, 2.24) is 34.2 Å². The maximum absolute atomic E-state index is 13.8. The van der Waals surface area contributed by atoms with Crippen LogP contribution in [0.2, 0.25) is 5.02 Å². The van der Waals surface area contributed by atoms with Crippen LogP contribution in [0.3, 0.4) is 0 Å². The first-order valence-corrected chi connectivity index (χ1v) is 11.5. The maximum Gasteiger partial charge on any atom is 0.272 e. The van der Waals surface area contributed by atoms with Gasteiger partial charge in [0, 0.05) is 43.4 Å². The minimum Gasteiger partial charge on any atom is -0.383 e. The third-order valence-electron chi connectivity index (χ3n) is 6.31. The number of amides is 2. The highest BCUT2D eigenvalue weighted by Crippen LogP contribution is 2.29. The number of aryl methyl sites for hydroxylation is 1. The predicted octanol–water partition coefficient (Wildman–Crippen LogP) is 3.18. The quantitative estimate of drug-likeness (QED) is 0.415. The number of pyridine rings is 2. The lowest BCUT2D eigenvalue weighted by molar-refractivity contribution is -0.140. The number of anilines is 1. The molecular formula is C24H21ClN8O2. The molecule has 1 aromatic carbocycles. The molecule has 0 unspecified atom stereocenters. The van der Waals surface area contributed by atoms with Gasteiger partial charge in [0.25, 0.3) is 5.91 Å². The van der Waals surface area contributed by atoms with E-state index in [2.05, 4.69) is 15.1 Å². The summed E-state index contributed by atoms with van der Waals surface area (Å²) in [5.41, 5.74) is 9.34. The summed E-state index contributed by atoms with van der Waals surface area (Å²) < 4.78 is 3.52. The smallest absolute Gasteiger partial charge is 0.272 e. The molecule has 0 spiro atoms. The van der Waals surface area contributed by atoms with Crippen LogP contribution in [0.15, 0.2) is 48.9 Å². The van der Waals surface area contributed by atoms with E-state index >= 15 is 0 Å². The summed E-state index contributed by atoms with van der Waals surface area (Å²) in [5, 5.41) is 9.36. The molecular weight excluding hydrogens is 468 g/mol. The van der Waals surface area contributed by atoms with Crippen LogP contribution in [0.1, 0.15) is 28.9 Å². The number of benzene rings is 1. The van der Waals surface area contributed by atoms with Crippen molar-refractivity contribution in [3.8, 4) is 0 Å². The fourth-order valence-electron chi connectivity index (χ4n) is 4.64. The highest BCUT2D eigenvalue weighted by Gasteiger charge is 2.31. The van der Waals surface area contributed by atoms with Crippen LogP contribution in [0.5, 0.6) is 0 Å². The molecule has 0 radical (unpaired) electrons. The molecule has 35 heavy (non-hydrogen) atoms. The SMILES string of the molecule is Cn1ncc2c(N)nc3ccc(C(=O)N(Cc4cn5cc(Cl)ccc5n4)N4CCCC4=O)cc3c21. The Hall–Kier alpha value is -4.18. The largest absolute Gasteiger partial charge is 0.383 e. The van der Waals surface area contributed by atoms with Crippen molar-refractivity contribution in [2.75, 3.05) is 12.3 Å². The normalized spacial score (nSPS) is 14.0. The first-order chi connectivity index (χ1) is 16.9. The van der Waals surface area contributed by atoms with Gasteiger partial charge in [0.2, 0.25) is 5.91 Å². The average Bonchev–Trinajstić information content (AvgIpc) is 3.55. The number of nitrogen functional groups attached to an aromatic ring is 1. The maximum atomic E-state index is 13.8. The van der Waals surface area contributed by atoms with Crippen molar-refractivity contribution in [3.05, 3.63) is 65.2 Å². The topological polar surface area (TPSA) is 115 Å². The second-order valence-electron chi connectivity index (χ2n) is 8.59. The van der Waals surface area contributed by atoms with Gasteiger partial charge in [0.15, 0.2) is 0 Å². The molecule has 1 fully saturated rings. The Bertz CT molecular complexity index is 1660. The van der Waals surface area contributed by atoms with Gasteiger partial charge in [-0.25, -0.2) is 15.0 Å². The van der Waals surface area contributed by atoms with Crippen LogP contribution in [0.25, 0.3) is 27.5 Å². The molecule has 6 rings (SSSR count). The van der Waals surface area contributed by atoms with Crippen molar-refractivity contribution in [2.45, 2.75) is 19.4 Å². The minimum atomic E-state index is -0.301. The molecule has 10 nitrogen and oxygen atoms in total. The number of hydrogen-bond donors (Lipinski definition) is 1. The molecule has 0 aliphatic carbocycles. The van der Waals surface area contributed by atoms with E-state index in [0.29, 0.717) is 52.6 Å². The summed E-state index contributed by atoms with van der Waals surface area (Å²) in [6.45, 7) is 0.616. The number of fused-ring (bicyclic) bond motifs is 4. The van der Waals surface area contributed by atoms with Gasteiger partial charge in [-0.15, -0.1) is 0 Å². The van der Waals surface area contributed by atoms with Gasteiger partial charge in [0.1, 0.15) is 11.5 Å². The third-order valence-corrected chi connectivity index (χ3v) is 6.53. The standard InChI is InChI=1S/C24H21ClN8O2/c1-30-22-17-9-14(4-6-19(17)29-23(26)18(22)10-27-30)24(35)33(32-8-2-3-21(32)34)13-16-12-31-11-15(25)5-7-20(31)28-16/h4-7,9-12H,2-3,8,13H2,1H3,(H2,26,29). The number of carbonyl (C=O) groups excluding carboxylic acids is 2. The first-order valence-electron chi connectivity index (χ1n) is 11.2. The van der Waals surface area contributed by atoms with Crippen molar-refractivity contribution in [3.63, 3.8) is 0 Å². The number of rotatable bonds is 4. The van der Waals surface area contributed by atoms with E-state index in [1.807, 2.05) is 13.2 Å². The number of carbonyl (C=O) groups is 2. The summed E-state index contributed by atoms with van der Waals surface area (Å²) >= 11 is 6.10. The molecule has 4 aromatic heterocycles. The average molecular weight is 489 g/mol. The molecule has 0 bridgehead atoms. The molecule has 0 saturated carbocycles. The lowest BCUT2D eigenvalue weighted by Crippen LogP contribution is -2.46. The van der Waals surface area contributed by atoms with Gasteiger partial charge in [-0.05, 0) is 36.8 Å². The Labute approximate surface area is 204 Å². The number of aromatic nitrogens is 5. The molecule has 5 aromatic rings. The van der Waals surface area contributed by atoms with Gasteiger partial charge in [-0.3, -0.25) is 19.3 Å². The molecule has 0 atom stereocenters. The molecule has 1 aliphatic rings. The van der Waals surface area contributed by atoms with Gasteiger partial charge in [0.05, 0.1) is 39.9 Å². The van der Waals surface area contributed by atoms with Crippen molar-refractivity contribution in [1.29, 1.82) is 0 Å². The van der Waals surface area contributed by atoms with Crippen LogP contribution in [0.4, 0.5) is 5.82 Å². The van der Waals surface area contributed by atoms with Crippen LogP contribution in [0, 0.1) is 0 Å². The van der Waals surface area contributed by atoms with E-state index < -0.39 is 0 Å². The number of nitrogens with two attached hydrogens (primary N) is 1. The summed E-state index contributed by atoms with van der Waals surface area (Å²) in [4.78, 5) is 35.5. The second-order valence-corrected chi connectivity index (χ2v) is 9.02. The Morgan fingerprint density at radius 3 is 2.83 bits per heavy atom. The highest BCUT2D eigenvalue weighted by molar-refractivity contribution is 6.30. The lowest BCUT2D eigenvalue weighted by Gasteiger charge is -2.31. The number of halogens is 1. The lowest BCUT2D eigenvalue weighted by atomic mass is 10.1. The monoisotopic (exact) mass is 488 g/mol. The zero-order valence-electron chi connectivity index (χ0n) is 18.8. The number of hydrogen-bond acceptors (Lipinski definition) is 6. The summed E-state index contributed by atoms with van der Waals surface area (Å²) in [6, 6.07) is 8.82. The Balaban J connectivity index is 1.43. The predicted molar refractivity (Wildman–Crippen MR) is 131 cm³/mol. The molecule has 1 aliphatic heterocycles. The van der Waals surface area contributed by atoms with Gasteiger partial charge in [-0.2, -0.15) is 5.10 Å². The second kappa shape index (κ2) is 7.95. The van der Waals surface area contributed by atoms with Crippen molar-refractivity contribution in [2.24, 2.45) is 7.05 Å². The number of hydrazine groups is 1.